The van der Waals surface area contributed by atoms with Gasteiger partial charge in [-0.25, -0.2) is 9.97 Å². The van der Waals surface area contributed by atoms with E-state index >= 15 is 0 Å². The third kappa shape index (κ3) is 4.42. The van der Waals surface area contributed by atoms with E-state index in [0.717, 1.165) is 15.1 Å². The smallest absolute Gasteiger partial charge is 0.258 e. The summed E-state index contributed by atoms with van der Waals surface area (Å²) in [7, 11) is 0. The Kier molecular flexibility index (Phi) is 6.28. The fourth-order valence-electron chi connectivity index (χ4n) is 4.95. The van der Waals surface area contributed by atoms with Gasteiger partial charge in [-0.3, -0.25) is 5.21 Å². The minimum absolute atomic E-state index is 0.199. The van der Waals surface area contributed by atoms with Gasteiger partial charge in [-0.1, -0.05) is 0 Å². The van der Waals surface area contributed by atoms with Crippen LogP contribution in [0, 0.1) is 32.6 Å². The van der Waals surface area contributed by atoms with Crippen molar-refractivity contribution in [3.05, 3.63) is 23.1 Å². The maximum atomic E-state index is 10.6. The van der Waals surface area contributed by atoms with E-state index in [1.807, 2.05) is 26.8 Å². The molecule has 188 valence electrons. The summed E-state index contributed by atoms with van der Waals surface area (Å²) >= 11 is 1.49. The summed E-state index contributed by atoms with van der Waals surface area (Å²) in [6.45, 7) is 7.48. The van der Waals surface area contributed by atoms with Gasteiger partial charge in [0, 0.05) is 43.2 Å². The second-order valence-corrected chi connectivity index (χ2v) is 11.0. The molecule has 2 saturated carbocycles. The van der Waals surface area contributed by atoms with Crippen molar-refractivity contribution in [1.82, 2.24) is 15.0 Å². The molecule has 0 unspecified atom stereocenters. The molecule has 35 heavy (non-hydrogen) atoms. The molecule has 2 fully saturated rings. The van der Waals surface area contributed by atoms with Crippen molar-refractivity contribution in [2.24, 2.45) is 11.8 Å². The highest BCUT2D eigenvalue weighted by Crippen LogP contribution is 2.39. The fourth-order valence-corrected chi connectivity index (χ4v) is 6.16. The first-order valence-corrected chi connectivity index (χ1v) is 12.9. The van der Waals surface area contributed by atoms with E-state index in [4.69, 9.17) is 15.0 Å². The molecule has 0 spiro atoms. The van der Waals surface area contributed by atoms with Crippen LogP contribution >= 0.6 is 11.3 Å². The van der Waals surface area contributed by atoms with Gasteiger partial charge in [0.1, 0.15) is 16.9 Å². The van der Waals surface area contributed by atoms with E-state index in [1.54, 1.807) is 0 Å². The number of aliphatic hydroxyl groups is 3. The lowest BCUT2D eigenvalue weighted by molar-refractivity contribution is -0.911. The highest BCUT2D eigenvalue weighted by atomic mass is 32.1. The van der Waals surface area contributed by atoms with Crippen molar-refractivity contribution in [2.75, 3.05) is 17.2 Å². The normalized spacial score (nSPS) is 25.2. The number of nitrogens with zero attached hydrogens (tertiary/aromatic N) is 4. The van der Waals surface area contributed by atoms with E-state index in [2.05, 4.69) is 17.6 Å². The molecular weight excluding hydrogens is 468 g/mol. The number of nitrogens with one attached hydrogen (secondary N) is 2. The minimum Gasteiger partial charge on any atom is -0.396 e. The highest BCUT2D eigenvalue weighted by Gasteiger charge is 2.41. The molecule has 2 aliphatic carbocycles. The molecule has 10 nitrogen and oxygen atoms in total. The molecule has 5 atom stereocenters. The van der Waals surface area contributed by atoms with Crippen molar-refractivity contribution in [1.29, 1.82) is 0 Å². The molecule has 2 aliphatic rings. The zero-order chi connectivity index (χ0) is 25.0. The lowest BCUT2D eigenvalue weighted by Crippen LogP contribution is -2.37. The van der Waals surface area contributed by atoms with Crippen molar-refractivity contribution < 1.29 is 25.3 Å². The lowest BCUT2D eigenvalue weighted by Gasteiger charge is -2.22. The molecule has 0 aromatic carbocycles. The number of aliphatic hydroxyl groups excluding tert-OH is 3. The molecule has 0 radical (unpaired) electrons. The van der Waals surface area contributed by atoms with Crippen LogP contribution in [0.4, 0.5) is 11.8 Å². The van der Waals surface area contributed by atoms with Crippen LogP contribution in [-0.2, 0) is 0 Å². The van der Waals surface area contributed by atoms with Crippen LogP contribution in [0.25, 0.3) is 20.8 Å². The number of fused-ring (bicyclic) bond motifs is 1. The zero-order valence-electron chi connectivity index (χ0n) is 20.4. The van der Waals surface area contributed by atoms with Gasteiger partial charge in [0.05, 0.1) is 28.1 Å². The molecule has 0 amide bonds. The van der Waals surface area contributed by atoms with E-state index in [9.17, 15) is 20.5 Å². The van der Waals surface area contributed by atoms with Gasteiger partial charge in [0.2, 0.25) is 11.6 Å². The largest absolute Gasteiger partial charge is 0.396 e. The Hall–Kier alpha value is -2.60. The summed E-state index contributed by atoms with van der Waals surface area (Å²) in [5.41, 5.74) is 3.50. The quantitative estimate of drug-likeness (QED) is 0.211. The van der Waals surface area contributed by atoms with Gasteiger partial charge in [-0.15, -0.1) is 11.3 Å². The third-order valence-corrected chi connectivity index (χ3v) is 8.36. The lowest BCUT2D eigenvalue weighted by atomic mass is 10.1. The Morgan fingerprint density at radius 1 is 1.14 bits per heavy atom. The first-order chi connectivity index (χ1) is 16.7. The van der Waals surface area contributed by atoms with Crippen molar-refractivity contribution in [3.8, 4) is 10.6 Å². The SMILES string of the molecule is Cc1nc(N[C@H](C)C2CC2)nc(N[C@@H]2C[C@H](CO)[C@@H](O)[C@H]2O)c1-c1nc2c(C)[n+](O)c(C)cc2s1. The average molecular weight is 502 g/mol. The van der Waals surface area contributed by atoms with Crippen LogP contribution in [0.1, 0.15) is 43.3 Å². The van der Waals surface area contributed by atoms with Crippen LogP contribution in [-0.4, -0.2) is 66.4 Å². The number of aryl methyl sites for hydroxylation is 3. The maximum Gasteiger partial charge on any atom is 0.258 e. The maximum absolute atomic E-state index is 10.6. The van der Waals surface area contributed by atoms with Crippen LogP contribution < -0.4 is 15.4 Å². The molecule has 0 bridgehead atoms. The molecule has 11 heteroatoms. The van der Waals surface area contributed by atoms with Crippen molar-refractivity contribution >= 4 is 33.3 Å². The molecule has 5 rings (SSSR count). The van der Waals surface area contributed by atoms with Crippen LogP contribution in [0.3, 0.4) is 0 Å². The van der Waals surface area contributed by atoms with Gasteiger partial charge in [0.25, 0.3) is 5.69 Å². The van der Waals surface area contributed by atoms with E-state index in [0.29, 0.717) is 51.6 Å². The molecule has 6 N–H and O–H groups in total. The molecule has 3 aromatic heterocycles. The van der Waals surface area contributed by atoms with Crippen LogP contribution in [0.15, 0.2) is 6.07 Å². The Balaban J connectivity index is 1.58. The molecule has 0 saturated heterocycles. The first-order valence-electron chi connectivity index (χ1n) is 12.1. The number of thiazole rings is 1. The number of aromatic nitrogens is 4. The summed E-state index contributed by atoms with van der Waals surface area (Å²) in [6.07, 6.45) is 0.751. The Morgan fingerprint density at radius 3 is 2.54 bits per heavy atom. The van der Waals surface area contributed by atoms with Crippen molar-refractivity contribution in [2.45, 2.75) is 71.2 Å². The van der Waals surface area contributed by atoms with Gasteiger partial charge in [-0.2, -0.15) is 4.98 Å². The highest BCUT2D eigenvalue weighted by molar-refractivity contribution is 7.21. The summed E-state index contributed by atoms with van der Waals surface area (Å²) in [5, 5.41) is 48.3. The second kappa shape index (κ2) is 9.12. The number of hydrogen-bond donors (Lipinski definition) is 6. The van der Waals surface area contributed by atoms with Crippen LogP contribution in [0.5, 0.6) is 0 Å². The number of hydrogen-bond acceptors (Lipinski definition) is 10. The van der Waals surface area contributed by atoms with Gasteiger partial charge in [0.15, 0.2) is 5.52 Å². The molecule has 3 heterocycles. The predicted octanol–water partition coefficient (Wildman–Crippen LogP) is 1.93. The number of rotatable bonds is 7. The zero-order valence-corrected chi connectivity index (χ0v) is 21.2. The Morgan fingerprint density at radius 2 is 1.89 bits per heavy atom. The number of pyridine rings is 1. The number of anilines is 2. The third-order valence-electron chi connectivity index (χ3n) is 7.34. The topological polar surface area (TPSA) is 148 Å². The van der Waals surface area contributed by atoms with E-state index in [-0.39, 0.29) is 12.6 Å². The van der Waals surface area contributed by atoms with E-state index < -0.39 is 24.2 Å². The Bertz CT molecular complexity index is 1260. The molecule has 0 aliphatic heterocycles. The minimum atomic E-state index is -1.04. The standard InChI is InChI=1S/C24H33N6O4S/c1-10-7-17-19(13(4)30(10)34)28-23(35-17)18-12(3)26-24(25-11(2)14-5-6-14)29-22(18)27-16-8-15(9-31)20(32)21(16)33/h7,11,14-16,20-21,31-34H,5-6,8-9H2,1-4H3,(H2,25,26,27,29)/q+1/t11-,15-,16-,20-,21+/m1/s1. The van der Waals surface area contributed by atoms with E-state index in [1.165, 1.54) is 24.2 Å². The first kappa shape index (κ1) is 24.1. The Labute approximate surface area is 207 Å². The van der Waals surface area contributed by atoms with Crippen molar-refractivity contribution in [3.63, 3.8) is 0 Å². The van der Waals surface area contributed by atoms with Crippen LogP contribution in [0.2, 0.25) is 0 Å². The molecule has 3 aromatic rings. The van der Waals surface area contributed by atoms with Gasteiger partial charge < -0.3 is 26.0 Å². The molecular formula is C24H33N6O4S+. The predicted molar refractivity (Wildman–Crippen MR) is 133 cm³/mol. The summed E-state index contributed by atoms with van der Waals surface area (Å²) < 4.78 is 2.07. The fraction of sp³-hybridized carbons (Fsp3) is 0.583. The monoisotopic (exact) mass is 501 g/mol. The van der Waals surface area contributed by atoms with Gasteiger partial charge >= 0.3 is 0 Å². The summed E-state index contributed by atoms with van der Waals surface area (Å²) in [5.74, 6) is 1.23. The second-order valence-electron chi connectivity index (χ2n) is 9.95. The summed E-state index contributed by atoms with van der Waals surface area (Å²) in [4.78, 5) is 14.3. The summed E-state index contributed by atoms with van der Waals surface area (Å²) in [6, 6.07) is 1.66. The average Bonchev–Trinajstić information content (AvgIpc) is 3.54. The van der Waals surface area contributed by atoms with Gasteiger partial charge in [-0.05, 0) is 39.0 Å².